The van der Waals surface area contributed by atoms with Gasteiger partial charge in [-0.3, -0.25) is 9.69 Å². The predicted octanol–water partition coefficient (Wildman–Crippen LogP) is 3.43. The smallest absolute Gasteiger partial charge is 0.251 e. The van der Waals surface area contributed by atoms with Gasteiger partial charge in [-0.25, -0.2) is 8.42 Å². The average Bonchev–Trinajstić information content (AvgIpc) is 3.35. The maximum Gasteiger partial charge on any atom is 0.251 e. The third kappa shape index (κ3) is 5.17. The van der Waals surface area contributed by atoms with Crippen molar-refractivity contribution < 1.29 is 13.2 Å². The third-order valence-electron chi connectivity index (χ3n) is 6.27. The van der Waals surface area contributed by atoms with Crippen LogP contribution in [0, 0.1) is 0 Å². The van der Waals surface area contributed by atoms with E-state index in [1.807, 2.05) is 18.2 Å². The summed E-state index contributed by atoms with van der Waals surface area (Å²) in [7, 11) is -3.56. The molecule has 31 heavy (non-hydrogen) atoms. The van der Waals surface area contributed by atoms with Crippen LogP contribution in [0.3, 0.4) is 0 Å². The molecule has 2 aliphatic heterocycles. The highest BCUT2D eigenvalue weighted by atomic mass is 32.2. The van der Waals surface area contributed by atoms with Crippen LogP contribution in [0.15, 0.2) is 59.5 Å². The molecule has 4 rings (SSSR count). The van der Waals surface area contributed by atoms with Gasteiger partial charge in [0.2, 0.25) is 10.0 Å². The minimum Gasteiger partial charge on any atom is -0.350 e. The highest BCUT2D eigenvalue weighted by Gasteiger charge is 2.27. The lowest BCUT2D eigenvalue weighted by Crippen LogP contribution is -2.37. The maximum atomic E-state index is 13.0. The van der Waals surface area contributed by atoms with Crippen LogP contribution in [0.5, 0.6) is 0 Å². The molecule has 0 bridgehead atoms. The van der Waals surface area contributed by atoms with Gasteiger partial charge in [-0.2, -0.15) is 4.31 Å². The highest BCUT2D eigenvalue weighted by Crippen LogP contribution is 2.25. The van der Waals surface area contributed by atoms with E-state index in [0.717, 1.165) is 32.4 Å². The van der Waals surface area contributed by atoms with Gasteiger partial charge in [0.25, 0.3) is 5.91 Å². The van der Waals surface area contributed by atoms with Gasteiger partial charge in [-0.15, -0.1) is 0 Å². The van der Waals surface area contributed by atoms with Crippen molar-refractivity contribution >= 4 is 15.9 Å². The lowest BCUT2D eigenvalue weighted by Gasteiger charge is -2.28. The van der Waals surface area contributed by atoms with E-state index in [2.05, 4.69) is 22.3 Å². The van der Waals surface area contributed by atoms with Crippen LogP contribution in [-0.2, 0) is 10.0 Å². The molecule has 0 spiro atoms. The molecule has 2 aliphatic rings. The fourth-order valence-corrected chi connectivity index (χ4v) is 6.09. The van der Waals surface area contributed by atoms with E-state index in [0.29, 0.717) is 25.2 Å². The van der Waals surface area contributed by atoms with Crippen molar-refractivity contribution in [3.8, 4) is 0 Å². The standard InChI is InChI=1S/C24H31N3O3S/c28-24(25-19-23(26-14-7-8-15-26)20-10-3-1-4-11-20)21-12-9-13-22(18-21)31(29,30)27-16-5-2-6-17-27/h1,3-4,9-13,18,23H,2,5-8,14-17,19H2,(H,25,28)/t23-/m0/s1. The Morgan fingerprint density at radius 3 is 2.26 bits per heavy atom. The predicted molar refractivity (Wildman–Crippen MR) is 121 cm³/mol. The number of carbonyl (C=O) groups excluding carboxylic acids is 1. The van der Waals surface area contributed by atoms with Crippen molar-refractivity contribution in [2.75, 3.05) is 32.7 Å². The van der Waals surface area contributed by atoms with E-state index >= 15 is 0 Å². The number of amides is 1. The molecule has 2 fully saturated rings. The number of benzene rings is 2. The van der Waals surface area contributed by atoms with E-state index in [-0.39, 0.29) is 16.8 Å². The quantitative estimate of drug-likeness (QED) is 0.715. The minimum absolute atomic E-state index is 0.118. The van der Waals surface area contributed by atoms with Crippen molar-refractivity contribution in [1.82, 2.24) is 14.5 Å². The number of carbonyl (C=O) groups is 1. The van der Waals surface area contributed by atoms with Crippen LogP contribution in [0.2, 0.25) is 0 Å². The molecule has 1 atom stereocenters. The molecule has 1 amide bonds. The SMILES string of the molecule is O=C(NC[C@@H](c1ccccc1)N1CCCC1)c1cccc(S(=O)(=O)N2CCCCC2)c1. The number of hydrogen-bond donors (Lipinski definition) is 1. The number of likely N-dealkylation sites (tertiary alicyclic amines) is 1. The lowest BCUT2D eigenvalue weighted by molar-refractivity contribution is 0.0937. The van der Waals surface area contributed by atoms with E-state index in [1.54, 1.807) is 18.2 Å². The van der Waals surface area contributed by atoms with Crippen LogP contribution in [-0.4, -0.2) is 56.3 Å². The first-order chi connectivity index (χ1) is 15.1. The average molecular weight is 442 g/mol. The first kappa shape index (κ1) is 22.0. The zero-order chi connectivity index (χ0) is 21.7. The second-order valence-electron chi connectivity index (χ2n) is 8.37. The molecule has 0 radical (unpaired) electrons. The summed E-state index contributed by atoms with van der Waals surface area (Å²) in [5.74, 6) is -0.240. The monoisotopic (exact) mass is 441 g/mol. The molecule has 2 aromatic carbocycles. The van der Waals surface area contributed by atoms with E-state index in [9.17, 15) is 13.2 Å². The van der Waals surface area contributed by atoms with Gasteiger partial charge in [-0.1, -0.05) is 42.8 Å². The van der Waals surface area contributed by atoms with Gasteiger partial charge in [0.15, 0.2) is 0 Å². The Morgan fingerprint density at radius 2 is 1.55 bits per heavy atom. The van der Waals surface area contributed by atoms with Crippen molar-refractivity contribution in [3.63, 3.8) is 0 Å². The molecule has 6 nitrogen and oxygen atoms in total. The normalized spacial score (nSPS) is 19.2. The summed E-state index contributed by atoms with van der Waals surface area (Å²) < 4.78 is 27.5. The fraction of sp³-hybridized carbons (Fsp3) is 0.458. The highest BCUT2D eigenvalue weighted by molar-refractivity contribution is 7.89. The van der Waals surface area contributed by atoms with E-state index in [4.69, 9.17) is 0 Å². The third-order valence-corrected chi connectivity index (χ3v) is 8.17. The molecule has 0 saturated carbocycles. The molecule has 1 N–H and O–H groups in total. The zero-order valence-corrected chi connectivity index (χ0v) is 18.7. The lowest BCUT2D eigenvalue weighted by atomic mass is 10.1. The molecule has 2 heterocycles. The molecule has 0 unspecified atom stereocenters. The Labute approximate surface area is 185 Å². The summed E-state index contributed by atoms with van der Waals surface area (Å²) in [5, 5.41) is 3.04. The van der Waals surface area contributed by atoms with Gasteiger partial charge >= 0.3 is 0 Å². The van der Waals surface area contributed by atoms with Crippen LogP contribution in [0.25, 0.3) is 0 Å². The van der Waals surface area contributed by atoms with E-state index < -0.39 is 10.0 Å². The first-order valence-electron chi connectivity index (χ1n) is 11.2. The summed E-state index contributed by atoms with van der Waals surface area (Å²) >= 11 is 0. The molecular weight excluding hydrogens is 410 g/mol. The molecule has 2 saturated heterocycles. The van der Waals surface area contributed by atoms with E-state index in [1.165, 1.54) is 28.8 Å². The van der Waals surface area contributed by atoms with Crippen molar-refractivity contribution in [1.29, 1.82) is 0 Å². The number of rotatable bonds is 7. The second-order valence-corrected chi connectivity index (χ2v) is 10.3. The molecule has 166 valence electrons. The zero-order valence-electron chi connectivity index (χ0n) is 17.9. The van der Waals surface area contributed by atoms with Crippen molar-refractivity contribution in [2.24, 2.45) is 0 Å². The summed E-state index contributed by atoms with van der Waals surface area (Å²) in [6.45, 7) is 3.64. The number of piperidine rings is 1. The Morgan fingerprint density at radius 1 is 0.871 bits per heavy atom. The van der Waals surface area contributed by atoms with Gasteiger partial charge in [0.1, 0.15) is 0 Å². The summed E-state index contributed by atoms with van der Waals surface area (Å²) in [6, 6.07) is 16.8. The number of nitrogens with zero attached hydrogens (tertiary/aromatic N) is 2. The van der Waals surface area contributed by atoms with Crippen LogP contribution in [0.4, 0.5) is 0 Å². The number of hydrogen-bond acceptors (Lipinski definition) is 4. The van der Waals surface area contributed by atoms with Crippen molar-refractivity contribution in [3.05, 3.63) is 65.7 Å². The Kier molecular flexibility index (Phi) is 7.05. The van der Waals surface area contributed by atoms with Gasteiger partial charge in [0, 0.05) is 25.2 Å². The largest absolute Gasteiger partial charge is 0.350 e. The Hall–Kier alpha value is -2.22. The Balaban J connectivity index is 1.47. The van der Waals surface area contributed by atoms with Gasteiger partial charge < -0.3 is 5.32 Å². The summed E-state index contributed by atoms with van der Waals surface area (Å²) in [5.41, 5.74) is 1.57. The van der Waals surface area contributed by atoms with Gasteiger partial charge in [-0.05, 0) is 62.5 Å². The molecule has 0 aliphatic carbocycles. The molecule has 0 aromatic heterocycles. The number of sulfonamides is 1. The van der Waals surface area contributed by atoms with Crippen LogP contribution < -0.4 is 5.32 Å². The topological polar surface area (TPSA) is 69.7 Å². The van der Waals surface area contributed by atoms with Crippen LogP contribution in [0.1, 0.15) is 54.1 Å². The molecule has 7 heteroatoms. The molecular formula is C24H31N3O3S. The maximum absolute atomic E-state index is 13.0. The van der Waals surface area contributed by atoms with Crippen molar-refractivity contribution in [2.45, 2.75) is 43.0 Å². The number of nitrogens with one attached hydrogen (secondary N) is 1. The summed E-state index contributed by atoms with van der Waals surface area (Å²) in [4.78, 5) is 15.5. The molecule has 2 aromatic rings. The fourth-order valence-electron chi connectivity index (χ4n) is 4.53. The summed E-state index contributed by atoms with van der Waals surface area (Å²) in [6.07, 6.45) is 5.18. The Bertz CT molecular complexity index is 982. The van der Waals surface area contributed by atoms with Crippen LogP contribution >= 0.6 is 0 Å². The minimum atomic E-state index is -3.56. The van der Waals surface area contributed by atoms with Gasteiger partial charge in [0.05, 0.1) is 10.9 Å². The first-order valence-corrected chi connectivity index (χ1v) is 12.7. The second kappa shape index (κ2) is 9.94.